The molecule has 18 heavy (non-hydrogen) atoms. The van der Waals surface area contributed by atoms with Crippen LogP contribution < -0.4 is 5.73 Å². The maximum absolute atomic E-state index is 11.5. The molecule has 0 aromatic heterocycles. The van der Waals surface area contributed by atoms with Crippen LogP contribution in [0.1, 0.15) is 38.2 Å². The topological polar surface area (TPSA) is 52.3 Å². The van der Waals surface area contributed by atoms with E-state index < -0.39 is 0 Å². The van der Waals surface area contributed by atoms with Crippen molar-refractivity contribution in [1.29, 1.82) is 0 Å². The van der Waals surface area contributed by atoms with E-state index in [0.717, 1.165) is 18.4 Å². The zero-order valence-electron chi connectivity index (χ0n) is 11.1. The molecule has 0 fully saturated rings. The van der Waals surface area contributed by atoms with E-state index in [2.05, 4.69) is 0 Å². The van der Waals surface area contributed by atoms with Gasteiger partial charge in [-0.25, -0.2) is 0 Å². The van der Waals surface area contributed by atoms with E-state index in [1.165, 1.54) is 0 Å². The summed E-state index contributed by atoms with van der Waals surface area (Å²) in [5.41, 5.74) is 6.89. The van der Waals surface area contributed by atoms with Gasteiger partial charge in [0, 0.05) is 25.5 Å². The first-order chi connectivity index (χ1) is 8.72. The molecule has 0 radical (unpaired) electrons. The number of carbonyl (C=O) groups excluding carboxylic acids is 1. The van der Waals surface area contributed by atoms with Crippen LogP contribution >= 0.6 is 0 Å². The third kappa shape index (κ3) is 6.52. The summed E-state index contributed by atoms with van der Waals surface area (Å²) in [6.07, 6.45) is 2.70. The summed E-state index contributed by atoms with van der Waals surface area (Å²) in [4.78, 5) is 11.5. The molecule has 0 amide bonds. The minimum Gasteiger partial charge on any atom is -0.377 e. The highest BCUT2D eigenvalue weighted by molar-refractivity contribution is 5.78. The Kier molecular flexibility index (Phi) is 7.30. The van der Waals surface area contributed by atoms with Crippen molar-refractivity contribution < 1.29 is 9.53 Å². The monoisotopic (exact) mass is 249 g/mol. The fraction of sp³-hybridized carbons (Fsp3) is 0.533. The van der Waals surface area contributed by atoms with Gasteiger partial charge in [-0.1, -0.05) is 37.3 Å². The largest absolute Gasteiger partial charge is 0.377 e. The molecule has 1 unspecified atom stereocenters. The molecule has 0 aliphatic carbocycles. The van der Waals surface area contributed by atoms with Crippen molar-refractivity contribution in [3.63, 3.8) is 0 Å². The van der Waals surface area contributed by atoms with Gasteiger partial charge in [0.25, 0.3) is 0 Å². The van der Waals surface area contributed by atoms with E-state index >= 15 is 0 Å². The van der Waals surface area contributed by atoms with Gasteiger partial charge in [-0.15, -0.1) is 0 Å². The Labute approximate surface area is 109 Å². The smallest absolute Gasteiger partial charge is 0.134 e. The van der Waals surface area contributed by atoms with E-state index in [-0.39, 0.29) is 11.8 Å². The SMILES string of the molecule is CCC(N)CC(=O)CCCOCc1ccccc1. The minimum atomic E-state index is 0.0164. The third-order valence-electron chi connectivity index (χ3n) is 2.87. The van der Waals surface area contributed by atoms with E-state index in [9.17, 15) is 4.79 Å². The van der Waals surface area contributed by atoms with Crippen molar-refractivity contribution in [1.82, 2.24) is 0 Å². The van der Waals surface area contributed by atoms with E-state index in [0.29, 0.717) is 26.1 Å². The minimum absolute atomic E-state index is 0.0164. The summed E-state index contributed by atoms with van der Waals surface area (Å²) in [6, 6.07) is 10.1. The lowest BCUT2D eigenvalue weighted by atomic mass is 10.1. The van der Waals surface area contributed by atoms with Crippen molar-refractivity contribution in [2.75, 3.05) is 6.61 Å². The summed E-state index contributed by atoms with van der Waals surface area (Å²) < 4.78 is 5.52. The molecule has 0 saturated heterocycles. The lowest BCUT2D eigenvalue weighted by molar-refractivity contribution is -0.119. The molecular weight excluding hydrogens is 226 g/mol. The number of ketones is 1. The zero-order chi connectivity index (χ0) is 13.2. The van der Waals surface area contributed by atoms with Gasteiger partial charge in [-0.05, 0) is 18.4 Å². The first-order valence-corrected chi connectivity index (χ1v) is 6.61. The number of hydrogen-bond acceptors (Lipinski definition) is 3. The van der Waals surface area contributed by atoms with Crippen LogP contribution in [0.2, 0.25) is 0 Å². The Balaban J connectivity index is 2.03. The summed E-state index contributed by atoms with van der Waals surface area (Å²) in [7, 11) is 0. The van der Waals surface area contributed by atoms with Crippen LogP contribution in [0.3, 0.4) is 0 Å². The number of hydrogen-bond donors (Lipinski definition) is 1. The molecule has 0 aliphatic heterocycles. The van der Waals surface area contributed by atoms with E-state index in [1.807, 2.05) is 37.3 Å². The zero-order valence-corrected chi connectivity index (χ0v) is 11.1. The summed E-state index contributed by atoms with van der Waals surface area (Å²) in [5, 5.41) is 0. The predicted molar refractivity (Wildman–Crippen MR) is 73.2 cm³/mol. The fourth-order valence-corrected chi connectivity index (χ4v) is 1.67. The van der Waals surface area contributed by atoms with Crippen LogP contribution in [0.4, 0.5) is 0 Å². The van der Waals surface area contributed by atoms with Gasteiger partial charge in [-0.2, -0.15) is 0 Å². The van der Waals surface area contributed by atoms with Gasteiger partial charge in [0.05, 0.1) is 6.61 Å². The van der Waals surface area contributed by atoms with E-state index in [1.54, 1.807) is 0 Å². The first-order valence-electron chi connectivity index (χ1n) is 6.61. The number of rotatable bonds is 9. The maximum atomic E-state index is 11.5. The Morgan fingerprint density at radius 1 is 1.33 bits per heavy atom. The molecule has 100 valence electrons. The van der Waals surface area contributed by atoms with Crippen molar-refractivity contribution in [3.8, 4) is 0 Å². The third-order valence-corrected chi connectivity index (χ3v) is 2.87. The summed E-state index contributed by atoms with van der Waals surface area (Å²) in [5.74, 6) is 0.243. The molecule has 3 nitrogen and oxygen atoms in total. The second-order valence-electron chi connectivity index (χ2n) is 4.55. The molecule has 0 spiro atoms. The number of nitrogens with two attached hydrogens (primary N) is 1. The molecule has 1 aromatic carbocycles. The molecule has 3 heteroatoms. The number of benzene rings is 1. The Morgan fingerprint density at radius 3 is 2.72 bits per heavy atom. The number of ether oxygens (including phenoxy) is 1. The lowest BCUT2D eigenvalue weighted by Gasteiger charge is -2.07. The molecule has 0 bridgehead atoms. The average molecular weight is 249 g/mol. The maximum Gasteiger partial charge on any atom is 0.134 e. The molecule has 0 saturated carbocycles. The van der Waals surface area contributed by atoms with Gasteiger partial charge >= 0.3 is 0 Å². The number of carbonyl (C=O) groups is 1. The van der Waals surface area contributed by atoms with Crippen molar-refractivity contribution in [2.24, 2.45) is 5.73 Å². The average Bonchev–Trinajstić information content (AvgIpc) is 2.39. The molecule has 1 aromatic rings. The standard InChI is InChI=1S/C15H23NO2/c1-2-14(16)11-15(17)9-6-10-18-12-13-7-4-3-5-8-13/h3-5,7-8,14H,2,6,9-12,16H2,1H3. The Morgan fingerprint density at radius 2 is 2.06 bits per heavy atom. The lowest BCUT2D eigenvalue weighted by Crippen LogP contribution is -2.22. The normalized spacial score (nSPS) is 12.3. The van der Waals surface area contributed by atoms with Crippen LogP contribution in [-0.2, 0) is 16.1 Å². The highest BCUT2D eigenvalue weighted by Gasteiger charge is 2.07. The molecular formula is C15H23NO2. The first kappa shape index (κ1) is 14.9. The fourth-order valence-electron chi connectivity index (χ4n) is 1.67. The van der Waals surface area contributed by atoms with Gasteiger partial charge < -0.3 is 10.5 Å². The number of Topliss-reactive ketones (excluding diaryl/α,β-unsaturated/α-hetero) is 1. The summed E-state index contributed by atoms with van der Waals surface area (Å²) in [6.45, 7) is 3.24. The predicted octanol–water partition coefficient (Wildman–Crippen LogP) is 2.68. The molecule has 0 aliphatic rings. The van der Waals surface area contributed by atoms with Crippen molar-refractivity contribution >= 4 is 5.78 Å². The van der Waals surface area contributed by atoms with Crippen molar-refractivity contribution in [2.45, 2.75) is 45.3 Å². The Hall–Kier alpha value is -1.19. The van der Waals surface area contributed by atoms with E-state index in [4.69, 9.17) is 10.5 Å². The van der Waals surface area contributed by atoms with Crippen LogP contribution in [0, 0.1) is 0 Å². The van der Waals surface area contributed by atoms with Crippen LogP contribution in [0.25, 0.3) is 0 Å². The molecule has 2 N–H and O–H groups in total. The highest BCUT2D eigenvalue weighted by Crippen LogP contribution is 2.04. The van der Waals surface area contributed by atoms with Crippen LogP contribution in [0.5, 0.6) is 0 Å². The van der Waals surface area contributed by atoms with Crippen molar-refractivity contribution in [3.05, 3.63) is 35.9 Å². The Bertz CT molecular complexity index is 338. The second kappa shape index (κ2) is 8.84. The van der Waals surface area contributed by atoms with Crippen LogP contribution in [0.15, 0.2) is 30.3 Å². The molecule has 0 heterocycles. The highest BCUT2D eigenvalue weighted by atomic mass is 16.5. The van der Waals surface area contributed by atoms with Gasteiger partial charge in [0.1, 0.15) is 5.78 Å². The van der Waals surface area contributed by atoms with Gasteiger partial charge in [-0.3, -0.25) is 4.79 Å². The van der Waals surface area contributed by atoms with Crippen LogP contribution in [-0.4, -0.2) is 18.4 Å². The second-order valence-corrected chi connectivity index (χ2v) is 4.55. The summed E-state index contributed by atoms with van der Waals surface area (Å²) >= 11 is 0. The molecule has 1 atom stereocenters. The molecule has 1 rings (SSSR count). The quantitative estimate of drug-likeness (QED) is 0.685. The van der Waals surface area contributed by atoms with Gasteiger partial charge in [0.15, 0.2) is 0 Å². The van der Waals surface area contributed by atoms with Gasteiger partial charge in [0.2, 0.25) is 0 Å².